The van der Waals surface area contributed by atoms with Crippen LogP contribution in [0, 0.1) is 6.92 Å². The van der Waals surface area contributed by atoms with E-state index in [9.17, 15) is 18.0 Å². The molecule has 9 heteroatoms. The van der Waals surface area contributed by atoms with E-state index in [-0.39, 0.29) is 11.3 Å². The molecule has 3 aromatic rings. The number of benzene rings is 1. The van der Waals surface area contributed by atoms with Gasteiger partial charge in [-0.05, 0) is 43.5 Å². The van der Waals surface area contributed by atoms with Gasteiger partial charge in [0, 0.05) is 30.6 Å². The van der Waals surface area contributed by atoms with Gasteiger partial charge in [0.15, 0.2) is 0 Å². The van der Waals surface area contributed by atoms with Gasteiger partial charge < -0.3 is 5.32 Å². The minimum Gasteiger partial charge on any atom is -0.351 e. The maximum Gasteiger partial charge on any atom is 0.416 e. The fourth-order valence-electron chi connectivity index (χ4n) is 4.35. The largest absolute Gasteiger partial charge is 0.416 e. The van der Waals surface area contributed by atoms with Crippen LogP contribution in [0.2, 0.25) is 0 Å². The molecule has 0 atom stereocenters. The Hall–Kier alpha value is -3.23. The Morgan fingerprint density at radius 2 is 1.75 bits per heavy atom. The zero-order chi connectivity index (χ0) is 22.8. The quantitative estimate of drug-likeness (QED) is 0.625. The molecule has 0 spiro atoms. The van der Waals surface area contributed by atoms with Gasteiger partial charge in [0.2, 0.25) is 5.95 Å². The van der Waals surface area contributed by atoms with Crippen molar-refractivity contribution in [1.29, 1.82) is 0 Å². The first-order valence-corrected chi connectivity index (χ1v) is 10.6. The molecule has 0 unspecified atom stereocenters. The second kappa shape index (κ2) is 8.72. The van der Waals surface area contributed by atoms with Crippen molar-refractivity contribution in [3.8, 4) is 5.95 Å². The number of carbonyl (C=O) groups is 1. The summed E-state index contributed by atoms with van der Waals surface area (Å²) in [4.78, 5) is 21.2. The molecule has 0 saturated heterocycles. The lowest BCUT2D eigenvalue weighted by Crippen LogP contribution is -2.42. The van der Waals surface area contributed by atoms with E-state index >= 15 is 0 Å². The van der Waals surface area contributed by atoms with E-state index < -0.39 is 11.7 Å². The van der Waals surface area contributed by atoms with E-state index in [4.69, 9.17) is 0 Å². The van der Waals surface area contributed by atoms with Crippen molar-refractivity contribution in [2.45, 2.75) is 50.6 Å². The molecule has 1 amide bonds. The van der Waals surface area contributed by atoms with Crippen molar-refractivity contribution >= 4 is 5.91 Å². The van der Waals surface area contributed by atoms with Crippen molar-refractivity contribution < 1.29 is 18.0 Å². The standard InChI is InChI=1S/C23H24F3N5O/c1-16-19(14-31(30-16)21-27-12-5-13-28-21)20(32)29-15-22(10-3-2-4-11-22)17-6-8-18(9-7-17)23(24,25)26/h5-9,12-14H,2-4,10-11,15H2,1H3,(H,29,32). The minimum atomic E-state index is -4.37. The van der Waals surface area contributed by atoms with Gasteiger partial charge in [-0.1, -0.05) is 31.4 Å². The SMILES string of the molecule is Cc1nn(-c2ncccn2)cc1C(=O)NCC1(c2ccc(C(F)(F)F)cc2)CCCCC1. The van der Waals surface area contributed by atoms with E-state index in [0.29, 0.717) is 23.8 Å². The summed E-state index contributed by atoms with van der Waals surface area (Å²) in [5.41, 5.74) is 0.737. The fourth-order valence-corrected chi connectivity index (χ4v) is 4.35. The smallest absolute Gasteiger partial charge is 0.351 e. The zero-order valence-electron chi connectivity index (χ0n) is 17.7. The van der Waals surface area contributed by atoms with Crippen LogP contribution < -0.4 is 5.32 Å². The first-order chi connectivity index (χ1) is 15.3. The molecule has 1 saturated carbocycles. The van der Waals surface area contributed by atoms with E-state index in [2.05, 4.69) is 20.4 Å². The first-order valence-electron chi connectivity index (χ1n) is 10.6. The number of rotatable bonds is 5. The number of hydrogen-bond acceptors (Lipinski definition) is 4. The molecule has 1 fully saturated rings. The lowest BCUT2D eigenvalue weighted by atomic mass is 9.69. The topological polar surface area (TPSA) is 72.7 Å². The predicted octanol–water partition coefficient (Wildman–Crippen LogP) is 4.62. The van der Waals surface area contributed by atoms with Gasteiger partial charge in [-0.2, -0.15) is 18.3 Å². The van der Waals surface area contributed by atoms with Crippen LogP contribution in [-0.4, -0.2) is 32.2 Å². The molecule has 2 aromatic heterocycles. The lowest BCUT2D eigenvalue weighted by Gasteiger charge is -2.38. The molecule has 0 aliphatic heterocycles. The number of carbonyl (C=O) groups excluding carboxylic acids is 1. The predicted molar refractivity (Wildman–Crippen MR) is 112 cm³/mol. The monoisotopic (exact) mass is 443 g/mol. The Balaban J connectivity index is 1.53. The lowest BCUT2D eigenvalue weighted by molar-refractivity contribution is -0.137. The summed E-state index contributed by atoms with van der Waals surface area (Å²) < 4.78 is 40.4. The highest BCUT2D eigenvalue weighted by molar-refractivity contribution is 5.95. The van der Waals surface area contributed by atoms with Crippen LogP contribution in [0.25, 0.3) is 5.95 Å². The Morgan fingerprint density at radius 3 is 2.38 bits per heavy atom. The van der Waals surface area contributed by atoms with E-state index in [1.165, 1.54) is 4.68 Å². The molecule has 2 heterocycles. The molecule has 168 valence electrons. The first kappa shape index (κ1) is 22.0. The molecular formula is C23H24F3N5O. The fraction of sp³-hybridized carbons (Fsp3) is 0.391. The average molecular weight is 443 g/mol. The summed E-state index contributed by atoms with van der Waals surface area (Å²) >= 11 is 0. The van der Waals surface area contributed by atoms with Crippen molar-refractivity contribution in [3.63, 3.8) is 0 Å². The van der Waals surface area contributed by atoms with E-state index in [1.807, 2.05) is 0 Å². The summed E-state index contributed by atoms with van der Waals surface area (Å²) in [6.45, 7) is 2.09. The van der Waals surface area contributed by atoms with Crippen LogP contribution in [0.15, 0.2) is 48.9 Å². The van der Waals surface area contributed by atoms with Gasteiger partial charge in [0.1, 0.15) is 0 Å². The molecule has 6 nitrogen and oxygen atoms in total. The highest BCUT2D eigenvalue weighted by Gasteiger charge is 2.36. The molecule has 4 rings (SSSR count). The molecular weight excluding hydrogens is 419 g/mol. The van der Waals surface area contributed by atoms with Crippen LogP contribution in [0.1, 0.15) is 59.3 Å². The van der Waals surface area contributed by atoms with Crippen LogP contribution in [0.3, 0.4) is 0 Å². The number of halogens is 3. The van der Waals surface area contributed by atoms with Crippen molar-refractivity contribution in [3.05, 3.63) is 71.3 Å². The molecule has 0 bridgehead atoms. The maximum absolute atomic E-state index is 13.0. The number of alkyl halides is 3. The number of aryl methyl sites for hydroxylation is 1. The van der Waals surface area contributed by atoms with Crippen molar-refractivity contribution in [2.75, 3.05) is 6.54 Å². The van der Waals surface area contributed by atoms with Crippen LogP contribution in [0.4, 0.5) is 13.2 Å². The van der Waals surface area contributed by atoms with Gasteiger partial charge in [-0.3, -0.25) is 4.79 Å². The maximum atomic E-state index is 13.0. The van der Waals surface area contributed by atoms with Gasteiger partial charge in [0.05, 0.1) is 16.8 Å². The third kappa shape index (κ3) is 4.51. The average Bonchev–Trinajstić information content (AvgIpc) is 3.20. The van der Waals surface area contributed by atoms with Crippen LogP contribution in [-0.2, 0) is 11.6 Å². The molecule has 1 aliphatic carbocycles. The number of amides is 1. The summed E-state index contributed by atoms with van der Waals surface area (Å²) in [7, 11) is 0. The Labute approximate surface area is 183 Å². The second-order valence-electron chi connectivity index (χ2n) is 8.22. The highest BCUT2D eigenvalue weighted by atomic mass is 19.4. The minimum absolute atomic E-state index is 0.276. The highest BCUT2D eigenvalue weighted by Crippen LogP contribution is 2.40. The van der Waals surface area contributed by atoms with Crippen molar-refractivity contribution in [1.82, 2.24) is 25.1 Å². The molecule has 1 N–H and O–H groups in total. The number of hydrogen-bond donors (Lipinski definition) is 1. The third-order valence-corrected chi connectivity index (χ3v) is 6.12. The molecule has 0 radical (unpaired) electrons. The van der Waals surface area contributed by atoms with Gasteiger partial charge in [-0.25, -0.2) is 14.6 Å². The Bertz CT molecular complexity index is 1070. The normalized spacial score (nSPS) is 16.0. The van der Waals surface area contributed by atoms with Crippen LogP contribution >= 0.6 is 0 Å². The summed E-state index contributed by atoms with van der Waals surface area (Å²) in [6.07, 6.45) is 5.06. The van der Waals surface area contributed by atoms with Gasteiger partial charge in [-0.15, -0.1) is 0 Å². The van der Waals surface area contributed by atoms with E-state index in [0.717, 1.165) is 49.8 Å². The van der Waals surface area contributed by atoms with Gasteiger partial charge in [0.25, 0.3) is 5.91 Å². The summed E-state index contributed by atoms with van der Waals surface area (Å²) in [6, 6.07) is 7.05. The molecule has 1 aliphatic rings. The van der Waals surface area contributed by atoms with Crippen molar-refractivity contribution in [2.24, 2.45) is 0 Å². The third-order valence-electron chi connectivity index (χ3n) is 6.12. The number of aromatic nitrogens is 4. The number of nitrogens with one attached hydrogen (secondary N) is 1. The second-order valence-corrected chi connectivity index (χ2v) is 8.22. The van der Waals surface area contributed by atoms with Gasteiger partial charge >= 0.3 is 6.18 Å². The summed E-state index contributed by atoms with van der Waals surface area (Å²) in [5, 5.41) is 7.33. The summed E-state index contributed by atoms with van der Waals surface area (Å²) in [5.74, 6) is 0.0877. The Kier molecular flexibility index (Phi) is 5.99. The Morgan fingerprint density at radius 1 is 1.09 bits per heavy atom. The molecule has 32 heavy (non-hydrogen) atoms. The zero-order valence-corrected chi connectivity index (χ0v) is 17.7. The molecule has 1 aromatic carbocycles. The van der Waals surface area contributed by atoms with E-state index in [1.54, 1.807) is 43.7 Å². The van der Waals surface area contributed by atoms with Crippen LogP contribution in [0.5, 0.6) is 0 Å². The number of nitrogens with zero attached hydrogens (tertiary/aromatic N) is 4.